The molecule has 0 radical (unpaired) electrons. The first-order valence-electron chi connectivity index (χ1n) is 30.2. The normalized spacial score (nSPS) is 25.1. The second-order valence-corrected chi connectivity index (χ2v) is 27.2. The van der Waals surface area contributed by atoms with Gasteiger partial charge in [-0.15, -0.1) is 0 Å². The van der Waals surface area contributed by atoms with E-state index >= 15 is 0 Å². The molecule has 4 aliphatic heterocycles. The molecule has 0 saturated carbocycles. The summed E-state index contributed by atoms with van der Waals surface area (Å²) in [6.07, 6.45) is 0.963. The Bertz CT molecular complexity index is 4460. The quantitative estimate of drug-likeness (QED) is 0.177. The second-order valence-electron chi connectivity index (χ2n) is 27.2. The lowest BCUT2D eigenvalue weighted by Crippen LogP contribution is -2.37. The van der Waals surface area contributed by atoms with Crippen molar-refractivity contribution >= 4 is 87.2 Å². The number of aromatic nitrogens is 4. The van der Waals surface area contributed by atoms with Crippen molar-refractivity contribution in [3.8, 4) is 0 Å². The zero-order chi connectivity index (χ0) is 56.8. The van der Waals surface area contributed by atoms with Crippen LogP contribution in [0.1, 0.15) is 191 Å². The highest BCUT2D eigenvalue weighted by molar-refractivity contribution is 6.29. The van der Waals surface area contributed by atoms with Gasteiger partial charge in [-0.3, -0.25) is 9.80 Å². The van der Waals surface area contributed by atoms with Crippen LogP contribution in [0, 0.1) is 116 Å². The third kappa shape index (κ3) is 5.42. The summed E-state index contributed by atoms with van der Waals surface area (Å²) < 4.78 is 18.8. The minimum Gasteiger partial charge on any atom is -0.342 e. The topological polar surface area (TPSA) is 35.4 Å². The number of ether oxygens (including phenoxy) is 1. The Morgan fingerprint density at radius 1 is 0.329 bits per heavy atom. The molecule has 10 aromatic rings. The van der Waals surface area contributed by atoms with Gasteiger partial charge in [-0.05, 0) is 270 Å². The Hall–Kier alpha value is -5.60. The third-order valence-electron chi connectivity index (χ3n) is 24.9. The first-order chi connectivity index (χ1) is 37.0. The Morgan fingerprint density at radius 3 is 1.03 bits per heavy atom. The van der Waals surface area contributed by atoms with Crippen molar-refractivity contribution < 1.29 is 4.74 Å². The van der Waals surface area contributed by atoms with Gasteiger partial charge in [0.1, 0.15) is 11.4 Å². The molecule has 4 aromatic heterocycles. The first-order valence-corrected chi connectivity index (χ1v) is 30.2. The van der Waals surface area contributed by atoms with Gasteiger partial charge in [-0.1, -0.05) is 13.8 Å². The van der Waals surface area contributed by atoms with E-state index < -0.39 is 11.4 Å². The standard InChI is InChI=1S/C72H88N6O/c1-29-32(4)40(12)63-51(36(29)8)59-57-48(20)76(49(21)58(57)60-52-37(9)30(2)33(5)41(13)64(52)75(26)68(60)67(59)74(63)25)28-27-50-35(7)39(11)54-62-56-47(19)73(24)46(18)55(56)61-53-38(10)31(3)34(6)42(14)65(53)77-69(61)70(62)78(66(54)43(50)15)72(23)45(17)44(16)71(77,22)79-72/h44-49H,27-28H2,1-26H3. The average Bonchev–Trinajstić information content (AvgIpc) is 1.69. The van der Waals surface area contributed by atoms with E-state index in [0.29, 0.717) is 0 Å². The van der Waals surface area contributed by atoms with E-state index in [2.05, 4.69) is 208 Å². The summed E-state index contributed by atoms with van der Waals surface area (Å²) in [5.74, 6) is 0.489. The number of aryl methyl sites for hydroxylation is 10. The molecule has 7 heteroatoms. The fourth-order valence-electron chi connectivity index (χ4n) is 18.8. The molecular formula is C72H88N6O. The van der Waals surface area contributed by atoms with Crippen LogP contribution >= 0.6 is 0 Å². The van der Waals surface area contributed by atoms with Crippen molar-refractivity contribution in [3.05, 3.63) is 111 Å². The van der Waals surface area contributed by atoms with Crippen LogP contribution in [0.4, 0.5) is 0 Å². The summed E-state index contributed by atoms with van der Waals surface area (Å²) >= 11 is 0. The lowest BCUT2D eigenvalue weighted by atomic mass is 9.83. The van der Waals surface area contributed by atoms with Crippen molar-refractivity contribution in [2.45, 2.75) is 201 Å². The first kappa shape index (κ1) is 51.5. The second kappa shape index (κ2) is 15.7. The van der Waals surface area contributed by atoms with Crippen LogP contribution in [-0.2, 0) is 36.7 Å². The molecule has 0 N–H and O–H groups in total. The van der Waals surface area contributed by atoms with E-state index in [1.807, 2.05) is 0 Å². The summed E-state index contributed by atoms with van der Waals surface area (Å²) in [5.41, 5.74) is 38.8. The molecule has 8 unspecified atom stereocenters. The van der Waals surface area contributed by atoms with Gasteiger partial charge in [0.15, 0.2) is 0 Å². The van der Waals surface area contributed by atoms with Gasteiger partial charge < -0.3 is 23.0 Å². The summed E-state index contributed by atoms with van der Waals surface area (Å²) in [5, 5.41) is 11.7. The van der Waals surface area contributed by atoms with Crippen LogP contribution in [-0.4, -0.2) is 41.7 Å². The highest BCUT2D eigenvalue weighted by Gasteiger charge is 2.60. The molecular weight excluding hydrogens is 965 g/mol. The molecule has 0 aliphatic carbocycles. The zero-order valence-corrected chi connectivity index (χ0v) is 53.0. The van der Waals surface area contributed by atoms with Crippen LogP contribution < -0.4 is 0 Å². The predicted molar refractivity (Wildman–Crippen MR) is 336 cm³/mol. The SMILES string of the molecule is Cc1c(C)c(C)c2c(c1C)c1c3c(c4c5c(C)c(C)c(C)c(C)c5n(C)c4c1n2C)C(C)N(CCc1c(C)c(C)c2c4c5c(c6c7c(C)c(C)c(C)c(C)c7n7c6c4n(c2c1C)C1(C)OC7(C)C(C)C1C)C(C)N(C)C5C)C3C. The summed E-state index contributed by atoms with van der Waals surface area (Å²) in [6, 6.07) is 0.933. The molecule has 8 atom stereocenters. The van der Waals surface area contributed by atoms with E-state index in [-0.39, 0.29) is 36.0 Å². The number of nitrogens with zero attached hydrogens (tertiary/aromatic N) is 6. The molecule has 14 rings (SSSR count). The maximum atomic E-state index is 8.06. The van der Waals surface area contributed by atoms with Crippen molar-refractivity contribution in [1.29, 1.82) is 0 Å². The van der Waals surface area contributed by atoms with E-state index in [9.17, 15) is 0 Å². The summed E-state index contributed by atoms with van der Waals surface area (Å²) in [4.78, 5) is 5.55. The minimum atomic E-state index is -0.597. The highest BCUT2D eigenvalue weighted by Crippen LogP contribution is 2.64. The smallest absolute Gasteiger partial charge is 0.148 e. The molecule has 2 bridgehead atoms. The molecule has 6 aromatic carbocycles. The Kier molecular flexibility index (Phi) is 10.2. The average molecular weight is 1050 g/mol. The fourth-order valence-corrected chi connectivity index (χ4v) is 18.8. The Morgan fingerprint density at radius 2 is 0.633 bits per heavy atom. The largest absolute Gasteiger partial charge is 0.342 e. The van der Waals surface area contributed by atoms with Crippen molar-refractivity contribution in [3.63, 3.8) is 0 Å². The van der Waals surface area contributed by atoms with Crippen LogP contribution in [0.5, 0.6) is 0 Å². The molecule has 0 amide bonds. The molecule has 1 saturated heterocycles. The lowest BCUT2D eigenvalue weighted by Gasteiger charge is -2.34. The monoisotopic (exact) mass is 1050 g/mol. The van der Waals surface area contributed by atoms with Gasteiger partial charge in [0.05, 0.1) is 44.1 Å². The van der Waals surface area contributed by atoms with E-state index in [1.165, 1.54) is 187 Å². The Balaban J connectivity index is 1.05. The molecule has 7 nitrogen and oxygen atoms in total. The van der Waals surface area contributed by atoms with Crippen LogP contribution in [0.2, 0.25) is 0 Å². The van der Waals surface area contributed by atoms with Crippen molar-refractivity contribution in [2.24, 2.45) is 25.9 Å². The number of hydrogen-bond acceptors (Lipinski definition) is 3. The Labute approximate surface area is 469 Å². The molecule has 1 fully saturated rings. The van der Waals surface area contributed by atoms with Gasteiger partial charge in [0.2, 0.25) is 0 Å². The number of fused-ring (bicyclic) bond motifs is 23. The van der Waals surface area contributed by atoms with Crippen molar-refractivity contribution in [1.82, 2.24) is 28.1 Å². The molecule has 0 spiro atoms. The number of benzene rings is 6. The predicted octanol–water partition coefficient (Wildman–Crippen LogP) is 18.2. The number of rotatable bonds is 3. The fraction of sp³-hybridized carbons (Fsp3) is 0.500. The van der Waals surface area contributed by atoms with Gasteiger partial charge in [-0.25, -0.2) is 0 Å². The van der Waals surface area contributed by atoms with E-state index in [4.69, 9.17) is 4.74 Å². The minimum absolute atomic E-state index is 0.210. The third-order valence-corrected chi connectivity index (χ3v) is 24.9. The van der Waals surface area contributed by atoms with Crippen molar-refractivity contribution in [2.75, 3.05) is 13.6 Å². The van der Waals surface area contributed by atoms with E-state index in [0.717, 1.165) is 13.0 Å². The highest BCUT2D eigenvalue weighted by atomic mass is 16.6. The van der Waals surface area contributed by atoms with Crippen LogP contribution in [0.3, 0.4) is 0 Å². The molecule has 79 heavy (non-hydrogen) atoms. The van der Waals surface area contributed by atoms with Gasteiger partial charge >= 0.3 is 0 Å². The maximum absolute atomic E-state index is 8.06. The van der Waals surface area contributed by atoms with Crippen LogP contribution in [0.15, 0.2) is 0 Å². The number of hydrogen-bond donors (Lipinski definition) is 0. The summed E-state index contributed by atoms with van der Waals surface area (Å²) in [6.45, 7) is 56.7. The van der Waals surface area contributed by atoms with Gasteiger partial charge in [0.25, 0.3) is 0 Å². The zero-order valence-electron chi connectivity index (χ0n) is 53.0. The van der Waals surface area contributed by atoms with E-state index in [1.54, 1.807) is 11.1 Å². The van der Waals surface area contributed by atoms with Gasteiger partial charge in [-0.2, -0.15) is 0 Å². The molecule has 8 heterocycles. The molecule has 4 aliphatic rings. The maximum Gasteiger partial charge on any atom is 0.148 e. The van der Waals surface area contributed by atoms with Gasteiger partial charge in [0, 0.05) is 99.7 Å². The summed E-state index contributed by atoms with van der Waals surface area (Å²) in [7, 11) is 7.09. The molecule has 412 valence electrons. The lowest BCUT2D eigenvalue weighted by molar-refractivity contribution is -0.173. The van der Waals surface area contributed by atoms with Crippen LogP contribution in [0.25, 0.3) is 87.2 Å².